The molecule has 3 rings (SSSR count). The lowest BCUT2D eigenvalue weighted by atomic mass is 10.2. The second-order valence-corrected chi connectivity index (χ2v) is 5.23. The number of nitro benzene ring substituents is 1. The minimum Gasteiger partial charge on any atom is -0.375 e. The first kappa shape index (κ1) is 15.7. The van der Waals surface area contributed by atoms with Crippen LogP contribution in [0.25, 0.3) is 0 Å². The molecule has 2 aromatic carbocycles. The van der Waals surface area contributed by atoms with E-state index >= 15 is 0 Å². The fourth-order valence-electron chi connectivity index (χ4n) is 2.37. The number of anilines is 1. The summed E-state index contributed by atoms with van der Waals surface area (Å²) in [5, 5.41) is 13.6. The molecule has 1 aromatic heterocycles. The number of benzene rings is 2. The normalized spacial score (nSPS) is 10.5. The van der Waals surface area contributed by atoms with Crippen LogP contribution in [-0.4, -0.2) is 14.5 Å². The molecule has 7 heteroatoms. The number of nitro groups is 1. The minimum absolute atomic E-state index is 0.204. The summed E-state index contributed by atoms with van der Waals surface area (Å²) in [4.78, 5) is 14.3. The lowest BCUT2D eigenvalue weighted by molar-refractivity contribution is -0.385. The van der Waals surface area contributed by atoms with Gasteiger partial charge in [-0.2, -0.15) is 0 Å². The number of imidazole rings is 1. The first-order valence-electron chi connectivity index (χ1n) is 7.35. The van der Waals surface area contributed by atoms with Gasteiger partial charge in [0.1, 0.15) is 5.82 Å². The Labute approximate surface area is 137 Å². The first-order valence-corrected chi connectivity index (χ1v) is 7.35. The van der Waals surface area contributed by atoms with Crippen molar-refractivity contribution in [3.05, 3.63) is 88.2 Å². The summed E-state index contributed by atoms with van der Waals surface area (Å²) < 4.78 is 15.9. The van der Waals surface area contributed by atoms with Crippen molar-refractivity contribution in [3.8, 4) is 0 Å². The third kappa shape index (κ3) is 3.57. The van der Waals surface area contributed by atoms with Gasteiger partial charge < -0.3 is 9.88 Å². The minimum atomic E-state index is -0.662. The summed E-state index contributed by atoms with van der Waals surface area (Å²) in [6.07, 6.45) is 3.54. The summed E-state index contributed by atoms with van der Waals surface area (Å²) >= 11 is 0. The van der Waals surface area contributed by atoms with Gasteiger partial charge in [0, 0.05) is 25.0 Å². The lowest BCUT2D eigenvalue weighted by Crippen LogP contribution is -2.10. The summed E-state index contributed by atoms with van der Waals surface area (Å²) in [7, 11) is 0. The molecule has 24 heavy (non-hydrogen) atoms. The fourth-order valence-corrected chi connectivity index (χ4v) is 2.37. The molecule has 122 valence electrons. The van der Waals surface area contributed by atoms with Crippen LogP contribution in [0.5, 0.6) is 0 Å². The zero-order chi connectivity index (χ0) is 16.9. The zero-order valence-corrected chi connectivity index (χ0v) is 12.7. The quantitative estimate of drug-likeness (QED) is 0.555. The number of hydrogen-bond donors (Lipinski definition) is 1. The van der Waals surface area contributed by atoms with Crippen LogP contribution in [0.2, 0.25) is 0 Å². The number of non-ortho nitro benzene ring substituents is 1. The maximum absolute atomic E-state index is 13.9. The Kier molecular flexibility index (Phi) is 4.51. The topological polar surface area (TPSA) is 73.0 Å². The van der Waals surface area contributed by atoms with E-state index in [9.17, 15) is 14.5 Å². The van der Waals surface area contributed by atoms with Crippen LogP contribution in [0.1, 0.15) is 11.4 Å². The summed E-state index contributed by atoms with van der Waals surface area (Å²) in [6, 6.07) is 13.5. The van der Waals surface area contributed by atoms with Gasteiger partial charge >= 0.3 is 0 Å². The van der Waals surface area contributed by atoms with E-state index in [4.69, 9.17) is 0 Å². The first-order chi connectivity index (χ1) is 11.6. The number of hydrogen-bond acceptors (Lipinski definition) is 4. The Morgan fingerprint density at radius 3 is 2.71 bits per heavy atom. The number of nitrogens with zero attached hydrogens (tertiary/aromatic N) is 3. The zero-order valence-electron chi connectivity index (χ0n) is 12.7. The molecular formula is C17H15FN4O2. The van der Waals surface area contributed by atoms with E-state index in [2.05, 4.69) is 10.3 Å². The maximum Gasteiger partial charge on any atom is 0.272 e. The third-order valence-corrected chi connectivity index (χ3v) is 3.60. The molecule has 0 aliphatic heterocycles. The van der Waals surface area contributed by atoms with Gasteiger partial charge in [-0.15, -0.1) is 0 Å². The van der Waals surface area contributed by atoms with Gasteiger partial charge in [-0.1, -0.05) is 30.3 Å². The van der Waals surface area contributed by atoms with Crippen LogP contribution in [-0.2, 0) is 13.1 Å². The van der Waals surface area contributed by atoms with Crippen LogP contribution >= 0.6 is 0 Å². The van der Waals surface area contributed by atoms with Gasteiger partial charge in [-0.3, -0.25) is 10.1 Å². The van der Waals surface area contributed by atoms with E-state index in [1.54, 1.807) is 6.20 Å². The van der Waals surface area contributed by atoms with Crippen molar-refractivity contribution in [3.63, 3.8) is 0 Å². The molecule has 0 atom stereocenters. The van der Waals surface area contributed by atoms with Crippen molar-refractivity contribution in [2.75, 3.05) is 5.32 Å². The molecule has 0 radical (unpaired) electrons. The van der Waals surface area contributed by atoms with E-state index in [1.165, 1.54) is 12.1 Å². The number of aromatic nitrogens is 2. The van der Waals surface area contributed by atoms with Crippen LogP contribution in [0, 0.1) is 15.9 Å². The molecule has 0 unspecified atom stereocenters. The number of rotatable bonds is 6. The molecule has 0 saturated heterocycles. The van der Waals surface area contributed by atoms with Gasteiger partial charge in [-0.05, 0) is 11.6 Å². The fraction of sp³-hybridized carbons (Fsp3) is 0.118. The Morgan fingerprint density at radius 2 is 2.00 bits per heavy atom. The second-order valence-electron chi connectivity index (χ2n) is 5.23. The van der Waals surface area contributed by atoms with Gasteiger partial charge in [0.05, 0.1) is 23.2 Å². The number of halogens is 1. The molecule has 0 spiro atoms. The Bertz CT molecular complexity index is 849. The average molecular weight is 326 g/mol. The van der Waals surface area contributed by atoms with Crippen molar-refractivity contribution < 1.29 is 9.31 Å². The molecule has 0 aliphatic carbocycles. The van der Waals surface area contributed by atoms with Crippen molar-refractivity contribution in [1.29, 1.82) is 0 Å². The highest BCUT2D eigenvalue weighted by Crippen LogP contribution is 2.21. The SMILES string of the molecule is O=[N+]([O-])c1ccc(NCc2nccn2Cc2ccccc2)c(F)c1. The van der Waals surface area contributed by atoms with E-state index in [1.807, 2.05) is 41.1 Å². The Balaban J connectivity index is 1.70. The van der Waals surface area contributed by atoms with Crippen LogP contribution in [0.4, 0.5) is 15.8 Å². The molecule has 0 saturated carbocycles. The predicted octanol–water partition coefficient (Wildman–Crippen LogP) is 3.59. The van der Waals surface area contributed by atoms with Gasteiger partial charge in [0.25, 0.3) is 5.69 Å². The van der Waals surface area contributed by atoms with Gasteiger partial charge in [0.15, 0.2) is 5.82 Å². The third-order valence-electron chi connectivity index (χ3n) is 3.60. The Hall–Kier alpha value is -3.22. The summed E-state index contributed by atoms with van der Waals surface area (Å²) in [5.74, 6) is 0.0852. The summed E-state index contributed by atoms with van der Waals surface area (Å²) in [5.41, 5.74) is 1.07. The molecule has 0 aliphatic rings. The molecule has 0 amide bonds. The van der Waals surface area contributed by atoms with Gasteiger partial charge in [-0.25, -0.2) is 9.37 Å². The molecule has 1 N–H and O–H groups in total. The second kappa shape index (κ2) is 6.91. The van der Waals surface area contributed by atoms with Crippen molar-refractivity contribution in [2.45, 2.75) is 13.1 Å². The van der Waals surface area contributed by atoms with Crippen LogP contribution < -0.4 is 5.32 Å². The molecule has 0 fully saturated rings. The molecule has 0 bridgehead atoms. The predicted molar refractivity (Wildman–Crippen MR) is 88.2 cm³/mol. The highest BCUT2D eigenvalue weighted by Gasteiger charge is 2.11. The monoisotopic (exact) mass is 326 g/mol. The van der Waals surface area contributed by atoms with Gasteiger partial charge in [0.2, 0.25) is 0 Å². The van der Waals surface area contributed by atoms with Crippen LogP contribution in [0.15, 0.2) is 60.9 Å². The van der Waals surface area contributed by atoms with Crippen molar-refractivity contribution in [1.82, 2.24) is 9.55 Å². The van der Waals surface area contributed by atoms with E-state index in [0.29, 0.717) is 13.1 Å². The van der Waals surface area contributed by atoms with E-state index in [-0.39, 0.29) is 11.4 Å². The molecule has 3 aromatic rings. The number of nitrogens with one attached hydrogen (secondary N) is 1. The average Bonchev–Trinajstić information content (AvgIpc) is 3.01. The van der Waals surface area contributed by atoms with Crippen LogP contribution in [0.3, 0.4) is 0 Å². The largest absolute Gasteiger partial charge is 0.375 e. The van der Waals surface area contributed by atoms with Crippen molar-refractivity contribution >= 4 is 11.4 Å². The van der Waals surface area contributed by atoms with E-state index in [0.717, 1.165) is 17.5 Å². The standard InChI is InChI=1S/C17H15FN4O2/c18-15-10-14(22(23)24)6-7-16(15)20-11-17-19-8-9-21(17)12-13-4-2-1-3-5-13/h1-10,20H,11-12H2. The highest BCUT2D eigenvalue weighted by molar-refractivity contribution is 5.50. The maximum atomic E-state index is 13.9. The Morgan fingerprint density at radius 1 is 1.21 bits per heavy atom. The van der Waals surface area contributed by atoms with E-state index < -0.39 is 10.7 Å². The highest BCUT2D eigenvalue weighted by atomic mass is 19.1. The molecule has 1 heterocycles. The van der Waals surface area contributed by atoms with Crippen molar-refractivity contribution in [2.24, 2.45) is 0 Å². The smallest absolute Gasteiger partial charge is 0.272 e. The summed E-state index contributed by atoms with van der Waals surface area (Å²) in [6.45, 7) is 0.981. The lowest BCUT2D eigenvalue weighted by Gasteiger charge is -2.10. The molecule has 6 nitrogen and oxygen atoms in total. The molecular weight excluding hydrogens is 311 g/mol.